The summed E-state index contributed by atoms with van der Waals surface area (Å²) in [6, 6.07) is 43.2. The summed E-state index contributed by atoms with van der Waals surface area (Å²) in [6.07, 6.45) is 4.77. The molecule has 0 atom stereocenters. The first-order valence-corrected chi connectivity index (χ1v) is 23.1. The summed E-state index contributed by atoms with van der Waals surface area (Å²) in [5.74, 6) is 0. The van der Waals surface area contributed by atoms with Gasteiger partial charge in [-0.1, -0.05) is 143 Å². The number of hydrogen-bond donors (Lipinski definition) is 0. The van der Waals surface area contributed by atoms with Gasteiger partial charge in [0.25, 0.3) is 6.71 Å². The monoisotopic (exact) mass is 801 g/mol. The number of benzene rings is 6. The van der Waals surface area contributed by atoms with Crippen molar-refractivity contribution in [2.24, 2.45) is 0 Å². The van der Waals surface area contributed by atoms with E-state index in [1.54, 1.807) is 0 Å². The van der Waals surface area contributed by atoms with Crippen molar-refractivity contribution in [3.8, 4) is 11.1 Å². The SMILES string of the molecule is Cc1cc2c3c(c1)N(c1cc(-c4ccccc4)ccc1C)c1ccc(C(C)(C)C)cc1B3c1cc3c(cc1N2c1ccc2c(c1)C(C)(C)CCC2(C)C)C(C)(C)CCC3(C)C. The molecule has 0 amide bonds. The van der Waals surface area contributed by atoms with Crippen LogP contribution in [-0.2, 0) is 27.1 Å². The molecule has 310 valence electrons. The van der Waals surface area contributed by atoms with Crippen molar-refractivity contribution in [3.05, 3.63) is 148 Å². The van der Waals surface area contributed by atoms with E-state index in [1.807, 2.05) is 0 Å². The molecule has 2 aliphatic carbocycles. The van der Waals surface area contributed by atoms with Crippen LogP contribution in [0.2, 0.25) is 0 Å². The maximum atomic E-state index is 2.69. The number of anilines is 6. The van der Waals surface area contributed by atoms with Gasteiger partial charge in [0.15, 0.2) is 0 Å². The molecule has 10 rings (SSSR count). The number of nitrogens with zero attached hydrogens (tertiary/aromatic N) is 2. The first-order valence-electron chi connectivity index (χ1n) is 23.1. The normalized spacial score (nSPS) is 18.7. The van der Waals surface area contributed by atoms with Crippen LogP contribution in [0.5, 0.6) is 0 Å². The topological polar surface area (TPSA) is 6.48 Å². The van der Waals surface area contributed by atoms with Crippen LogP contribution in [0.15, 0.2) is 109 Å². The number of hydrogen-bond acceptors (Lipinski definition) is 2. The molecule has 0 saturated heterocycles. The Balaban J connectivity index is 1.32. The molecule has 6 aromatic carbocycles. The first kappa shape index (κ1) is 40.1. The molecular formula is C58H65BN2. The third-order valence-electron chi connectivity index (χ3n) is 15.7. The van der Waals surface area contributed by atoms with E-state index in [-0.39, 0.29) is 33.8 Å². The summed E-state index contributed by atoms with van der Waals surface area (Å²) in [6.45, 7) is 31.5. The highest BCUT2D eigenvalue weighted by Crippen LogP contribution is 2.53. The van der Waals surface area contributed by atoms with Gasteiger partial charge >= 0.3 is 0 Å². The Hall–Kier alpha value is -5.02. The van der Waals surface area contributed by atoms with Crippen LogP contribution >= 0.6 is 0 Å². The predicted octanol–water partition coefficient (Wildman–Crippen LogP) is 14.0. The summed E-state index contributed by atoms with van der Waals surface area (Å²) < 4.78 is 0. The third kappa shape index (κ3) is 6.18. The van der Waals surface area contributed by atoms with Gasteiger partial charge in [0.2, 0.25) is 0 Å². The van der Waals surface area contributed by atoms with Crippen molar-refractivity contribution >= 4 is 57.2 Å². The van der Waals surface area contributed by atoms with E-state index in [2.05, 4.69) is 209 Å². The zero-order chi connectivity index (χ0) is 43.2. The smallest absolute Gasteiger partial charge is 0.252 e. The summed E-state index contributed by atoms with van der Waals surface area (Å²) in [5, 5.41) is 0. The second-order valence-corrected chi connectivity index (χ2v) is 22.9. The Kier molecular flexibility index (Phi) is 8.70. The second-order valence-electron chi connectivity index (χ2n) is 22.9. The molecule has 0 saturated carbocycles. The van der Waals surface area contributed by atoms with Crippen molar-refractivity contribution < 1.29 is 0 Å². The van der Waals surface area contributed by atoms with E-state index in [0.717, 1.165) is 0 Å². The van der Waals surface area contributed by atoms with E-state index in [9.17, 15) is 0 Å². The van der Waals surface area contributed by atoms with Gasteiger partial charge in [-0.15, -0.1) is 0 Å². The lowest BCUT2D eigenvalue weighted by molar-refractivity contribution is 0.332. The van der Waals surface area contributed by atoms with Gasteiger partial charge in [0.05, 0.1) is 0 Å². The summed E-state index contributed by atoms with van der Waals surface area (Å²) in [7, 11) is 0. The minimum Gasteiger partial charge on any atom is -0.311 e. The minimum absolute atomic E-state index is 0.00546. The lowest BCUT2D eigenvalue weighted by atomic mass is 9.33. The van der Waals surface area contributed by atoms with Crippen molar-refractivity contribution in [2.75, 3.05) is 9.80 Å². The zero-order valence-electron chi connectivity index (χ0n) is 39.2. The van der Waals surface area contributed by atoms with Crippen LogP contribution in [-0.4, -0.2) is 6.71 Å². The largest absolute Gasteiger partial charge is 0.311 e. The number of rotatable bonds is 3. The van der Waals surface area contributed by atoms with Crippen LogP contribution in [0.4, 0.5) is 34.1 Å². The maximum absolute atomic E-state index is 2.69. The van der Waals surface area contributed by atoms with Gasteiger partial charge in [-0.3, -0.25) is 0 Å². The molecule has 0 radical (unpaired) electrons. The van der Waals surface area contributed by atoms with E-state index < -0.39 is 0 Å². The number of fused-ring (bicyclic) bond motifs is 6. The van der Waals surface area contributed by atoms with Crippen molar-refractivity contribution in [2.45, 2.75) is 143 Å². The number of aryl methyl sites for hydroxylation is 2. The Bertz CT molecular complexity index is 2780. The molecule has 0 N–H and O–H groups in total. The van der Waals surface area contributed by atoms with Crippen LogP contribution in [0.3, 0.4) is 0 Å². The lowest BCUT2D eigenvalue weighted by Gasteiger charge is -2.48. The highest BCUT2D eigenvalue weighted by molar-refractivity contribution is 7.00. The van der Waals surface area contributed by atoms with E-state index in [4.69, 9.17) is 0 Å². The van der Waals surface area contributed by atoms with Gasteiger partial charge in [0, 0.05) is 34.1 Å². The zero-order valence-corrected chi connectivity index (χ0v) is 39.2. The Morgan fingerprint density at radius 2 is 1.03 bits per heavy atom. The van der Waals surface area contributed by atoms with Crippen molar-refractivity contribution in [3.63, 3.8) is 0 Å². The van der Waals surface area contributed by atoms with Crippen LogP contribution < -0.4 is 26.2 Å². The van der Waals surface area contributed by atoms with E-state index >= 15 is 0 Å². The summed E-state index contributed by atoms with van der Waals surface area (Å²) >= 11 is 0. The maximum Gasteiger partial charge on any atom is 0.252 e. The van der Waals surface area contributed by atoms with Gasteiger partial charge in [0.1, 0.15) is 0 Å². The summed E-state index contributed by atoms with van der Waals surface area (Å²) in [5.41, 5.74) is 24.8. The molecule has 0 aromatic heterocycles. The molecule has 2 aliphatic heterocycles. The molecule has 3 heteroatoms. The predicted molar refractivity (Wildman–Crippen MR) is 265 cm³/mol. The van der Waals surface area contributed by atoms with Crippen LogP contribution in [0, 0.1) is 13.8 Å². The lowest BCUT2D eigenvalue weighted by Crippen LogP contribution is -2.62. The molecule has 0 bridgehead atoms. The van der Waals surface area contributed by atoms with Crippen molar-refractivity contribution in [1.82, 2.24) is 0 Å². The van der Waals surface area contributed by atoms with Gasteiger partial charge < -0.3 is 9.80 Å². The molecule has 0 unspecified atom stereocenters. The standard InChI is InChI=1S/C58H65BN2/c1-36-29-51-53-52(30-36)61(49-31-39(20-19-37(49)2)38-17-15-14-16-18-38)48-24-21-40(54(3,4)5)32-46(48)59(53)47-34-44-45(58(12,13)28-27-57(44,10)11)35-50(47)60(51)41-22-23-42-43(33-41)56(8,9)26-25-55(42,6)7/h14-24,29-35H,25-28H2,1-13H3. The van der Waals surface area contributed by atoms with E-state index in [1.165, 1.54) is 126 Å². The average Bonchev–Trinajstić information content (AvgIpc) is 3.21. The molecule has 0 fully saturated rings. The molecule has 2 heterocycles. The fourth-order valence-electron chi connectivity index (χ4n) is 11.6. The molecule has 2 nitrogen and oxygen atoms in total. The Labute approximate surface area is 367 Å². The molecular weight excluding hydrogens is 735 g/mol. The molecule has 4 aliphatic rings. The van der Waals surface area contributed by atoms with Crippen molar-refractivity contribution in [1.29, 1.82) is 0 Å². The van der Waals surface area contributed by atoms with Crippen LogP contribution in [0.25, 0.3) is 11.1 Å². The Morgan fingerprint density at radius 3 is 1.67 bits per heavy atom. The van der Waals surface area contributed by atoms with Crippen LogP contribution in [0.1, 0.15) is 141 Å². The summed E-state index contributed by atoms with van der Waals surface area (Å²) in [4.78, 5) is 5.32. The molecule has 6 aromatic rings. The van der Waals surface area contributed by atoms with Gasteiger partial charge in [-0.05, 0) is 176 Å². The fourth-order valence-corrected chi connectivity index (χ4v) is 11.6. The molecule has 0 spiro atoms. The minimum atomic E-state index is -0.00546. The fraction of sp³-hybridized carbons (Fsp3) is 0.379. The van der Waals surface area contributed by atoms with Gasteiger partial charge in [-0.25, -0.2) is 0 Å². The quantitative estimate of drug-likeness (QED) is 0.164. The highest BCUT2D eigenvalue weighted by atomic mass is 15.2. The second kappa shape index (κ2) is 13.2. The molecule has 61 heavy (non-hydrogen) atoms. The third-order valence-corrected chi connectivity index (χ3v) is 15.7. The van der Waals surface area contributed by atoms with E-state index in [0.29, 0.717) is 0 Å². The van der Waals surface area contributed by atoms with Gasteiger partial charge in [-0.2, -0.15) is 0 Å². The average molecular weight is 801 g/mol. The first-order chi connectivity index (χ1) is 28.7. The highest BCUT2D eigenvalue weighted by Gasteiger charge is 2.47. The Morgan fingerprint density at radius 1 is 0.459 bits per heavy atom.